The third-order valence-corrected chi connectivity index (χ3v) is 2.74. The number of aromatic nitrogens is 1. The molecule has 1 heterocycles. The van der Waals surface area contributed by atoms with E-state index >= 15 is 0 Å². The van der Waals surface area contributed by atoms with Crippen molar-refractivity contribution in [3.8, 4) is 6.07 Å². The number of para-hydroxylation sites is 1. The molecular weight excluding hydrogens is 216 g/mol. The van der Waals surface area contributed by atoms with E-state index in [0.717, 1.165) is 16.5 Å². The van der Waals surface area contributed by atoms with Crippen molar-refractivity contribution in [1.82, 2.24) is 4.98 Å². The molecule has 0 saturated carbocycles. The Morgan fingerprint density at radius 2 is 2.18 bits per heavy atom. The summed E-state index contributed by atoms with van der Waals surface area (Å²) in [5.41, 5.74) is 1.87. The maximum absolute atomic E-state index is 11.1. The van der Waals surface area contributed by atoms with Crippen LogP contribution in [0.4, 0.5) is 0 Å². The largest absolute Gasteiger partial charge is 0.477 e. The van der Waals surface area contributed by atoms with Gasteiger partial charge < -0.3 is 10.1 Å². The number of carboxylic acid groups (broad SMARTS) is 1. The second-order valence-corrected chi connectivity index (χ2v) is 3.84. The van der Waals surface area contributed by atoms with Crippen LogP contribution in [0.15, 0.2) is 24.3 Å². The van der Waals surface area contributed by atoms with Crippen molar-refractivity contribution >= 4 is 16.9 Å². The lowest BCUT2D eigenvalue weighted by Crippen LogP contribution is -2.01. The van der Waals surface area contributed by atoms with Crippen LogP contribution in [0.2, 0.25) is 0 Å². The lowest BCUT2D eigenvalue weighted by molar-refractivity contribution is 0.0690. The Hall–Kier alpha value is -2.28. The van der Waals surface area contributed by atoms with E-state index < -0.39 is 5.97 Å². The summed E-state index contributed by atoms with van der Waals surface area (Å²) in [5.74, 6) is -0.951. The van der Waals surface area contributed by atoms with Crippen molar-refractivity contribution in [2.24, 2.45) is 0 Å². The molecule has 0 aliphatic heterocycles. The highest BCUT2D eigenvalue weighted by Crippen LogP contribution is 2.24. The van der Waals surface area contributed by atoms with Crippen molar-refractivity contribution < 1.29 is 9.90 Å². The summed E-state index contributed by atoms with van der Waals surface area (Å²) in [6.45, 7) is 0. The van der Waals surface area contributed by atoms with E-state index in [2.05, 4.69) is 11.1 Å². The SMILES string of the molecule is N#CCCCc1c(C(=O)O)[nH]c2ccccc12. The van der Waals surface area contributed by atoms with Gasteiger partial charge in [-0.3, -0.25) is 0 Å². The molecule has 4 heteroatoms. The first-order valence-corrected chi connectivity index (χ1v) is 5.44. The Morgan fingerprint density at radius 3 is 2.88 bits per heavy atom. The summed E-state index contributed by atoms with van der Waals surface area (Å²) in [5, 5.41) is 18.6. The predicted molar refractivity (Wildman–Crippen MR) is 63.8 cm³/mol. The van der Waals surface area contributed by atoms with E-state index in [4.69, 9.17) is 10.4 Å². The van der Waals surface area contributed by atoms with Gasteiger partial charge in [-0.25, -0.2) is 4.79 Å². The van der Waals surface area contributed by atoms with Gasteiger partial charge in [-0.15, -0.1) is 0 Å². The zero-order chi connectivity index (χ0) is 12.3. The number of aryl methyl sites for hydroxylation is 1. The van der Waals surface area contributed by atoms with Gasteiger partial charge in [0, 0.05) is 17.3 Å². The second-order valence-electron chi connectivity index (χ2n) is 3.84. The van der Waals surface area contributed by atoms with E-state index in [-0.39, 0.29) is 5.69 Å². The van der Waals surface area contributed by atoms with Crippen LogP contribution in [0.3, 0.4) is 0 Å². The number of nitriles is 1. The van der Waals surface area contributed by atoms with E-state index in [1.54, 1.807) is 0 Å². The first-order chi connectivity index (χ1) is 8.24. The molecule has 0 bridgehead atoms. The zero-order valence-electron chi connectivity index (χ0n) is 9.23. The van der Waals surface area contributed by atoms with Gasteiger partial charge >= 0.3 is 5.97 Å². The number of nitrogens with zero attached hydrogens (tertiary/aromatic N) is 1. The maximum atomic E-state index is 11.1. The molecule has 2 N–H and O–H groups in total. The molecule has 0 radical (unpaired) electrons. The number of unbranched alkanes of at least 4 members (excludes halogenated alkanes) is 1. The first-order valence-electron chi connectivity index (χ1n) is 5.44. The molecule has 86 valence electrons. The Morgan fingerprint density at radius 1 is 1.41 bits per heavy atom. The highest BCUT2D eigenvalue weighted by molar-refractivity contribution is 5.97. The minimum atomic E-state index is -0.951. The van der Waals surface area contributed by atoms with Crippen LogP contribution < -0.4 is 0 Å². The molecule has 17 heavy (non-hydrogen) atoms. The number of H-pyrrole nitrogens is 1. The molecule has 1 aromatic carbocycles. The van der Waals surface area contributed by atoms with Crippen LogP contribution in [0, 0.1) is 11.3 Å². The van der Waals surface area contributed by atoms with E-state index in [1.165, 1.54) is 0 Å². The maximum Gasteiger partial charge on any atom is 0.352 e. The molecule has 0 aliphatic carbocycles. The Bertz CT molecular complexity index is 593. The Kier molecular flexibility index (Phi) is 3.10. The summed E-state index contributed by atoms with van der Waals surface area (Å²) >= 11 is 0. The van der Waals surface area contributed by atoms with Crippen LogP contribution >= 0.6 is 0 Å². The van der Waals surface area contributed by atoms with E-state index in [1.807, 2.05) is 24.3 Å². The third-order valence-electron chi connectivity index (χ3n) is 2.74. The third kappa shape index (κ3) is 2.13. The summed E-state index contributed by atoms with van der Waals surface area (Å²) in [7, 11) is 0. The summed E-state index contributed by atoms with van der Waals surface area (Å²) in [6.07, 6.45) is 1.73. The Labute approximate surface area is 98.5 Å². The highest BCUT2D eigenvalue weighted by atomic mass is 16.4. The van der Waals surface area contributed by atoms with Gasteiger partial charge in [-0.1, -0.05) is 18.2 Å². The number of fused-ring (bicyclic) bond motifs is 1. The van der Waals surface area contributed by atoms with Crippen molar-refractivity contribution in [2.45, 2.75) is 19.3 Å². The highest BCUT2D eigenvalue weighted by Gasteiger charge is 2.15. The number of hydrogen-bond donors (Lipinski definition) is 2. The van der Waals surface area contributed by atoms with Gasteiger partial charge in [0.15, 0.2) is 0 Å². The number of nitrogens with one attached hydrogen (secondary N) is 1. The molecule has 2 aromatic rings. The van der Waals surface area contributed by atoms with Crippen molar-refractivity contribution in [3.05, 3.63) is 35.5 Å². The molecule has 0 atom stereocenters. The van der Waals surface area contributed by atoms with Crippen LogP contribution in [0.1, 0.15) is 28.9 Å². The average molecular weight is 228 g/mol. The number of rotatable bonds is 4. The van der Waals surface area contributed by atoms with Gasteiger partial charge in [0.05, 0.1) is 6.07 Å². The standard InChI is InChI=1S/C13H12N2O2/c14-8-4-3-6-10-9-5-1-2-7-11(9)15-12(10)13(16)17/h1-2,5,7,15H,3-4,6H2,(H,16,17). The molecule has 0 amide bonds. The van der Waals surface area contributed by atoms with Crippen molar-refractivity contribution in [2.75, 3.05) is 0 Å². The number of aromatic amines is 1. The fraction of sp³-hybridized carbons (Fsp3) is 0.231. The minimum absolute atomic E-state index is 0.240. The smallest absolute Gasteiger partial charge is 0.352 e. The van der Waals surface area contributed by atoms with Gasteiger partial charge in [0.1, 0.15) is 5.69 Å². The van der Waals surface area contributed by atoms with Crippen molar-refractivity contribution in [1.29, 1.82) is 5.26 Å². The summed E-state index contributed by atoms with van der Waals surface area (Å²) < 4.78 is 0. The molecule has 2 rings (SSSR count). The van der Waals surface area contributed by atoms with Crippen molar-refractivity contribution in [3.63, 3.8) is 0 Å². The fourth-order valence-corrected chi connectivity index (χ4v) is 1.99. The lowest BCUT2D eigenvalue weighted by atomic mass is 10.0. The Balaban J connectivity index is 2.45. The monoisotopic (exact) mass is 228 g/mol. The second kappa shape index (κ2) is 4.71. The van der Waals surface area contributed by atoms with E-state index in [0.29, 0.717) is 19.3 Å². The minimum Gasteiger partial charge on any atom is -0.477 e. The van der Waals surface area contributed by atoms with Crippen LogP contribution in [-0.4, -0.2) is 16.1 Å². The topological polar surface area (TPSA) is 76.9 Å². The van der Waals surface area contributed by atoms with Gasteiger partial charge in [-0.2, -0.15) is 5.26 Å². The molecule has 4 nitrogen and oxygen atoms in total. The molecule has 0 saturated heterocycles. The van der Waals surface area contributed by atoms with Gasteiger partial charge in [-0.05, 0) is 24.5 Å². The van der Waals surface area contributed by atoms with Crippen LogP contribution in [0.5, 0.6) is 0 Å². The average Bonchev–Trinajstić information content (AvgIpc) is 2.69. The van der Waals surface area contributed by atoms with Gasteiger partial charge in [0.25, 0.3) is 0 Å². The molecular formula is C13H12N2O2. The fourth-order valence-electron chi connectivity index (χ4n) is 1.99. The predicted octanol–water partition coefficient (Wildman–Crippen LogP) is 2.71. The zero-order valence-corrected chi connectivity index (χ0v) is 9.23. The van der Waals surface area contributed by atoms with E-state index in [9.17, 15) is 4.79 Å². The number of hydrogen-bond acceptors (Lipinski definition) is 2. The molecule has 0 fully saturated rings. The molecule has 0 spiro atoms. The van der Waals surface area contributed by atoms with Crippen LogP contribution in [0.25, 0.3) is 10.9 Å². The molecule has 1 aromatic heterocycles. The quantitative estimate of drug-likeness (QED) is 0.790. The molecule has 0 unspecified atom stereocenters. The number of carbonyl (C=O) groups is 1. The first kappa shape index (κ1) is 11.2. The van der Waals surface area contributed by atoms with Gasteiger partial charge in [0.2, 0.25) is 0 Å². The molecule has 0 aliphatic rings. The summed E-state index contributed by atoms with van der Waals surface area (Å²) in [6, 6.07) is 9.58. The lowest BCUT2D eigenvalue weighted by Gasteiger charge is -1.99. The number of benzene rings is 1. The summed E-state index contributed by atoms with van der Waals surface area (Å²) in [4.78, 5) is 14.0. The number of carboxylic acids is 1. The number of aromatic carboxylic acids is 1. The van der Waals surface area contributed by atoms with Crippen LogP contribution in [-0.2, 0) is 6.42 Å². The normalized spacial score (nSPS) is 10.3.